The lowest BCUT2D eigenvalue weighted by Gasteiger charge is -2.44. The van der Waals surface area contributed by atoms with Crippen molar-refractivity contribution in [2.45, 2.75) is 38.5 Å². The molecule has 1 aliphatic rings. The van der Waals surface area contributed by atoms with Crippen molar-refractivity contribution in [3.8, 4) is 0 Å². The summed E-state index contributed by atoms with van der Waals surface area (Å²) in [5.41, 5.74) is 1.99. The van der Waals surface area contributed by atoms with Crippen LogP contribution in [0.5, 0.6) is 0 Å². The van der Waals surface area contributed by atoms with E-state index in [0.717, 1.165) is 31.4 Å². The van der Waals surface area contributed by atoms with Crippen LogP contribution < -0.4 is 26.7 Å². The van der Waals surface area contributed by atoms with Gasteiger partial charge in [-0.1, -0.05) is 11.2 Å². The molecule has 0 aliphatic carbocycles. The van der Waals surface area contributed by atoms with Crippen LogP contribution in [-0.2, 0) is 36.1 Å². The number of carboxylic acid groups (broad SMARTS) is 1. The highest BCUT2D eigenvalue weighted by molar-refractivity contribution is 7.84. The van der Waals surface area contributed by atoms with Crippen molar-refractivity contribution in [3.05, 3.63) is 74.9 Å². The molecule has 0 bridgehead atoms. The second-order valence-corrected chi connectivity index (χ2v) is 13.3. The van der Waals surface area contributed by atoms with Crippen molar-refractivity contribution in [1.82, 2.24) is 24.7 Å². The van der Waals surface area contributed by atoms with E-state index in [9.17, 15) is 57.3 Å². The first kappa shape index (κ1) is 36.9. The molecule has 3 heterocycles. The molecule has 0 radical (unpaired) electrons. The molecule has 3 aromatic rings. The summed E-state index contributed by atoms with van der Waals surface area (Å²) in [5, 5.41) is 38.4. The number of carboxylic acids is 1. The Labute approximate surface area is 285 Å². The molecule has 1 aliphatic heterocycles. The third-order valence-corrected chi connectivity index (χ3v) is 8.80. The van der Waals surface area contributed by atoms with E-state index in [1.807, 2.05) is 0 Å². The quantitative estimate of drug-likeness (QED) is 0.0239. The number of carbonyl (C=O) groups is 5. The molecule has 1 saturated heterocycles. The number of β-lactam (4-membered cyclic amide) rings is 1. The Morgan fingerprint density at radius 1 is 1.16 bits per heavy atom. The van der Waals surface area contributed by atoms with Crippen LogP contribution in [0.25, 0.3) is 0 Å². The highest BCUT2D eigenvalue weighted by Gasteiger charge is 2.54. The maximum absolute atomic E-state index is 13.4. The minimum atomic E-state index is -5.14. The van der Waals surface area contributed by atoms with Crippen LogP contribution in [0.2, 0.25) is 0 Å². The SMILES string of the molecule is CC(C)(O/N=C(\C(=O)C[C@@H]1C(=O)N(S(=O)(=O)O)[C@@H]1CNC(=O)c1cccc(C(=O)NCc2cn(O)c(=O)c[n+]2O)c1)c1csc(N)n1)C(=O)O. The summed E-state index contributed by atoms with van der Waals surface area (Å²) in [6, 6.07) is 3.70. The molecule has 2 atom stereocenters. The predicted molar refractivity (Wildman–Crippen MR) is 166 cm³/mol. The number of anilines is 1. The maximum atomic E-state index is 13.4. The van der Waals surface area contributed by atoms with Gasteiger partial charge >= 0.3 is 21.8 Å². The number of benzene rings is 1. The molecule has 0 unspecified atom stereocenters. The number of amides is 3. The number of nitrogens with zero attached hydrogens (tertiary/aromatic N) is 5. The molecule has 50 heavy (non-hydrogen) atoms. The number of rotatable bonds is 14. The minimum absolute atomic E-state index is 0.0187. The molecule has 21 nitrogen and oxygen atoms in total. The van der Waals surface area contributed by atoms with Gasteiger partial charge in [0.1, 0.15) is 18.4 Å². The Morgan fingerprint density at radius 2 is 1.80 bits per heavy atom. The molecule has 1 fully saturated rings. The number of aromatic nitrogens is 3. The van der Waals surface area contributed by atoms with Crippen LogP contribution in [0.3, 0.4) is 0 Å². The van der Waals surface area contributed by atoms with Crippen LogP contribution in [-0.4, -0.2) is 95.9 Å². The largest absolute Gasteiger partial charge is 0.478 e. The van der Waals surface area contributed by atoms with Gasteiger partial charge in [0.2, 0.25) is 11.5 Å². The van der Waals surface area contributed by atoms with Gasteiger partial charge in [0.05, 0.1) is 12.0 Å². The summed E-state index contributed by atoms with van der Waals surface area (Å²) >= 11 is 0.919. The third-order valence-electron chi connectivity index (χ3n) is 7.18. The van der Waals surface area contributed by atoms with Crippen LogP contribution >= 0.6 is 11.3 Å². The van der Waals surface area contributed by atoms with E-state index in [1.54, 1.807) is 0 Å². The molecule has 8 N–H and O–H groups in total. The highest BCUT2D eigenvalue weighted by atomic mass is 32.2. The number of nitrogen functional groups attached to an aromatic ring is 1. The van der Waals surface area contributed by atoms with Gasteiger partial charge < -0.3 is 31.5 Å². The van der Waals surface area contributed by atoms with Gasteiger partial charge in [-0.25, -0.2) is 14.1 Å². The number of Topliss-reactive ketones (excluding diaryl/α,β-unsaturated/α-hetero) is 1. The first-order valence-electron chi connectivity index (χ1n) is 14.1. The van der Waals surface area contributed by atoms with Crippen molar-refractivity contribution in [1.29, 1.82) is 0 Å². The number of hydrogen-bond acceptors (Lipinski definition) is 15. The fourth-order valence-electron chi connectivity index (χ4n) is 4.45. The van der Waals surface area contributed by atoms with Crippen molar-refractivity contribution >= 4 is 62.0 Å². The number of nitrogens with one attached hydrogen (secondary N) is 2. The third kappa shape index (κ3) is 8.19. The molecule has 0 saturated carbocycles. The van der Waals surface area contributed by atoms with E-state index in [0.29, 0.717) is 10.9 Å². The molecule has 4 rings (SSSR count). The number of hydrogen-bond donors (Lipinski definition) is 7. The average molecular weight is 738 g/mol. The fourth-order valence-corrected chi connectivity index (χ4v) is 5.92. The van der Waals surface area contributed by atoms with Gasteiger partial charge in [0.15, 0.2) is 16.6 Å². The Kier molecular flexibility index (Phi) is 10.5. The number of carbonyl (C=O) groups excluding carboxylic acids is 4. The van der Waals surface area contributed by atoms with E-state index in [-0.39, 0.29) is 43.2 Å². The van der Waals surface area contributed by atoms with E-state index in [2.05, 4.69) is 20.8 Å². The number of thiazole rings is 1. The van der Waals surface area contributed by atoms with Crippen LogP contribution in [0.1, 0.15) is 52.4 Å². The van der Waals surface area contributed by atoms with Gasteiger partial charge in [-0.05, 0) is 32.0 Å². The Bertz CT molecular complexity index is 2080. The monoisotopic (exact) mass is 737 g/mol. The standard InChI is InChI=1S/C27H28N8O13S2/c1-27(2,25(41)42)48-32-21(17-12-49-26(28)31-17)19(36)7-16-18(35(24(16)40)50(45,46)47)9-30-23(39)14-5-3-4-13(6-14)22(38)29-8-15-10-34(44)20(37)11-33(15)43/h3-6,10-12,16,18,44H,7-9H2,1-2H3,(H6-,28,29,30,31,37,38,39,41,42,43,45,46,47)/p+1/b32-21-/t16-,18+/m0/s1. The van der Waals surface area contributed by atoms with Crippen molar-refractivity contribution in [3.63, 3.8) is 0 Å². The first-order valence-corrected chi connectivity index (χ1v) is 16.3. The molecule has 23 heteroatoms. The first-order chi connectivity index (χ1) is 23.3. The molecular formula is C27H29N8O13S2+. The van der Waals surface area contributed by atoms with Gasteiger partial charge in [-0.2, -0.15) is 8.42 Å². The molecule has 2 aromatic heterocycles. The smallest absolute Gasteiger partial charge is 0.362 e. The van der Waals surface area contributed by atoms with Crippen LogP contribution in [0, 0.1) is 5.92 Å². The molecule has 3 amide bonds. The number of oxime groups is 1. The topological polar surface area (TPSA) is 314 Å². The second kappa shape index (κ2) is 14.3. The Hall–Kier alpha value is -5.94. The molecule has 0 spiro atoms. The van der Waals surface area contributed by atoms with Crippen LogP contribution in [0.15, 0.2) is 52.0 Å². The summed E-state index contributed by atoms with van der Waals surface area (Å²) in [4.78, 5) is 83.7. The maximum Gasteiger partial charge on any atom is 0.362 e. The second-order valence-electron chi connectivity index (χ2n) is 11.1. The summed E-state index contributed by atoms with van der Waals surface area (Å²) in [6.45, 7) is 1.37. The zero-order valence-electron chi connectivity index (χ0n) is 25.9. The molecule has 266 valence electrons. The van der Waals surface area contributed by atoms with Crippen molar-refractivity contribution in [2.75, 3.05) is 12.3 Å². The van der Waals surface area contributed by atoms with E-state index in [1.165, 1.54) is 29.6 Å². The lowest BCUT2D eigenvalue weighted by atomic mass is 9.84. The van der Waals surface area contributed by atoms with E-state index < -0.39 is 81.6 Å². The van der Waals surface area contributed by atoms with Crippen molar-refractivity contribution < 1.29 is 62.0 Å². The van der Waals surface area contributed by atoms with E-state index in [4.69, 9.17) is 10.6 Å². The van der Waals surface area contributed by atoms with Gasteiger partial charge in [0, 0.05) is 34.2 Å². The summed E-state index contributed by atoms with van der Waals surface area (Å²) < 4.78 is 34.4. The number of nitrogens with two attached hydrogens (primary N) is 1. The minimum Gasteiger partial charge on any atom is -0.478 e. The van der Waals surface area contributed by atoms with Crippen molar-refractivity contribution in [2.24, 2.45) is 11.1 Å². The van der Waals surface area contributed by atoms with Crippen LogP contribution in [0.4, 0.5) is 5.13 Å². The highest BCUT2D eigenvalue weighted by Crippen LogP contribution is 2.32. The molecular weight excluding hydrogens is 708 g/mol. The van der Waals surface area contributed by atoms with Gasteiger partial charge in [-0.3, -0.25) is 33.7 Å². The summed E-state index contributed by atoms with van der Waals surface area (Å²) in [7, 11) is -5.14. The normalized spacial score (nSPS) is 16.3. The number of ketones is 1. The average Bonchev–Trinajstić information content (AvgIpc) is 3.47. The van der Waals surface area contributed by atoms with Gasteiger partial charge in [0.25, 0.3) is 23.7 Å². The zero-order valence-corrected chi connectivity index (χ0v) is 27.5. The lowest BCUT2D eigenvalue weighted by Crippen LogP contribution is -2.66. The predicted octanol–water partition coefficient (Wildman–Crippen LogP) is -1.82. The van der Waals surface area contributed by atoms with E-state index >= 15 is 0 Å². The molecule has 1 aromatic carbocycles. The Balaban J connectivity index is 1.48. The summed E-state index contributed by atoms with van der Waals surface area (Å²) in [6.07, 6.45) is 0.799. The number of aliphatic carboxylic acids is 1. The zero-order chi connectivity index (χ0) is 37.1. The van der Waals surface area contributed by atoms with Gasteiger partial charge in [-0.15, -0.1) is 16.1 Å². The fraction of sp³-hybridized carbons (Fsp3) is 0.296. The Morgan fingerprint density at radius 3 is 2.38 bits per heavy atom. The summed E-state index contributed by atoms with van der Waals surface area (Å²) in [5.74, 6) is -6.51. The lowest BCUT2D eigenvalue weighted by molar-refractivity contribution is -0.910.